The van der Waals surface area contributed by atoms with Crippen LogP contribution in [0, 0.1) is 0 Å². The highest BCUT2D eigenvalue weighted by atomic mass is 32.2. The topological polar surface area (TPSA) is 92.7 Å². The molecule has 26 heavy (non-hydrogen) atoms. The Bertz CT molecular complexity index is 942. The maximum absolute atomic E-state index is 12.7. The standard InChI is InChI=1S/C19H19NO5S/c21-17(22)11-12-5-4-8-14-18-15(9-10-16(18)25-19(12)14)20-26(23,24)13-6-2-1-3-7-13/h1-8,15-16,18,20H,9-11H2,(H,21,22). The van der Waals surface area contributed by atoms with Crippen LogP contribution in [0.1, 0.15) is 29.9 Å². The zero-order valence-electron chi connectivity index (χ0n) is 14.0. The van der Waals surface area contributed by atoms with Crippen molar-refractivity contribution in [3.63, 3.8) is 0 Å². The summed E-state index contributed by atoms with van der Waals surface area (Å²) < 4.78 is 34.2. The van der Waals surface area contributed by atoms with Crippen molar-refractivity contribution in [2.45, 2.75) is 42.2 Å². The van der Waals surface area contributed by atoms with Gasteiger partial charge in [0.15, 0.2) is 0 Å². The first-order valence-electron chi connectivity index (χ1n) is 8.53. The number of sulfonamides is 1. The lowest BCUT2D eigenvalue weighted by molar-refractivity contribution is -0.136. The number of aliphatic carboxylic acids is 1. The third-order valence-corrected chi connectivity index (χ3v) is 6.56. The molecule has 0 spiro atoms. The SMILES string of the molecule is O=C(O)Cc1cccc2c1OC1CCC(NS(=O)(=O)c3ccccc3)C21. The number of para-hydroxylation sites is 1. The maximum Gasteiger partial charge on any atom is 0.307 e. The second-order valence-corrected chi connectivity index (χ2v) is 8.42. The van der Waals surface area contributed by atoms with E-state index in [1.807, 2.05) is 12.1 Å². The van der Waals surface area contributed by atoms with Crippen molar-refractivity contribution >= 4 is 16.0 Å². The normalized spacial score (nSPS) is 23.9. The first-order valence-corrected chi connectivity index (χ1v) is 10.0. The molecule has 6 nitrogen and oxygen atoms in total. The number of benzene rings is 2. The molecule has 0 aromatic heterocycles. The van der Waals surface area contributed by atoms with E-state index in [0.717, 1.165) is 12.0 Å². The first-order chi connectivity index (χ1) is 12.5. The van der Waals surface area contributed by atoms with Crippen molar-refractivity contribution in [2.75, 3.05) is 0 Å². The number of hydrogen-bond acceptors (Lipinski definition) is 4. The summed E-state index contributed by atoms with van der Waals surface area (Å²) in [4.78, 5) is 11.3. The number of carboxylic acid groups (broad SMARTS) is 1. The van der Waals surface area contributed by atoms with Crippen molar-refractivity contribution in [1.29, 1.82) is 0 Å². The second-order valence-electron chi connectivity index (χ2n) is 6.71. The van der Waals surface area contributed by atoms with Gasteiger partial charge in [-0.05, 0) is 25.0 Å². The summed E-state index contributed by atoms with van der Waals surface area (Å²) in [5, 5.41) is 9.08. The Morgan fingerprint density at radius 3 is 2.62 bits per heavy atom. The number of fused-ring (bicyclic) bond motifs is 3. The minimum Gasteiger partial charge on any atom is -0.489 e. The van der Waals surface area contributed by atoms with E-state index in [1.54, 1.807) is 36.4 Å². The third kappa shape index (κ3) is 2.97. The maximum atomic E-state index is 12.7. The molecule has 1 aliphatic heterocycles. The molecule has 0 bridgehead atoms. The van der Waals surface area contributed by atoms with Gasteiger partial charge in [0, 0.05) is 23.1 Å². The molecule has 2 aromatic carbocycles. The van der Waals surface area contributed by atoms with Crippen molar-refractivity contribution in [1.82, 2.24) is 4.72 Å². The minimum atomic E-state index is -3.61. The van der Waals surface area contributed by atoms with Gasteiger partial charge >= 0.3 is 5.97 Å². The largest absolute Gasteiger partial charge is 0.489 e. The molecule has 0 saturated heterocycles. The summed E-state index contributed by atoms with van der Waals surface area (Å²) in [5.41, 5.74) is 1.53. The van der Waals surface area contributed by atoms with Crippen LogP contribution < -0.4 is 9.46 Å². The van der Waals surface area contributed by atoms with Crippen LogP contribution >= 0.6 is 0 Å². The first kappa shape index (κ1) is 17.1. The Morgan fingerprint density at radius 2 is 1.88 bits per heavy atom. The van der Waals surface area contributed by atoms with Gasteiger partial charge in [-0.25, -0.2) is 13.1 Å². The lowest BCUT2D eigenvalue weighted by Crippen LogP contribution is -2.37. The van der Waals surface area contributed by atoms with Gasteiger partial charge in [-0.2, -0.15) is 0 Å². The molecule has 3 unspecified atom stereocenters. The molecule has 1 heterocycles. The summed E-state index contributed by atoms with van der Waals surface area (Å²) in [6.07, 6.45) is 1.18. The Labute approximate surface area is 151 Å². The van der Waals surface area contributed by atoms with Crippen LogP contribution in [0.3, 0.4) is 0 Å². The fourth-order valence-corrected chi connectivity index (χ4v) is 5.29. The minimum absolute atomic E-state index is 0.0998. The Balaban J connectivity index is 1.63. The van der Waals surface area contributed by atoms with Gasteiger partial charge < -0.3 is 9.84 Å². The van der Waals surface area contributed by atoms with E-state index in [4.69, 9.17) is 9.84 Å². The predicted molar refractivity (Wildman–Crippen MR) is 94.7 cm³/mol. The Kier molecular flexibility index (Phi) is 4.20. The van der Waals surface area contributed by atoms with Crippen LogP contribution in [0.25, 0.3) is 0 Å². The quantitative estimate of drug-likeness (QED) is 0.839. The van der Waals surface area contributed by atoms with E-state index < -0.39 is 16.0 Å². The third-order valence-electron chi connectivity index (χ3n) is 5.05. The van der Waals surface area contributed by atoms with Crippen LogP contribution in [-0.4, -0.2) is 31.6 Å². The Hall–Kier alpha value is -2.38. The fraction of sp³-hybridized carbons (Fsp3) is 0.316. The molecule has 136 valence electrons. The number of hydrogen-bond donors (Lipinski definition) is 2. The number of rotatable bonds is 5. The molecule has 2 N–H and O–H groups in total. The lowest BCUT2D eigenvalue weighted by atomic mass is 9.93. The molecule has 4 rings (SSSR count). The number of carboxylic acids is 1. The molecule has 1 aliphatic carbocycles. The zero-order valence-corrected chi connectivity index (χ0v) is 14.8. The average Bonchev–Trinajstić information content (AvgIpc) is 3.16. The molecular weight excluding hydrogens is 354 g/mol. The second kappa shape index (κ2) is 6.41. The molecule has 7 heteroatoms. The molecule has 2 aliphatic rings. The lowest BCUT2D eigenvalue weighted by Gasteiger charge is -2.19. The van der Waals surface area contributed by atoms with E-state index in [-0.39, 0.29) is 29.4 Å². The van der Waals surface area contributed by atoms with Gasteiger partial charge in [0.2, 0.25) is 10.0 Å². The van der Waals surface area contributed by atoms with Crippen LogP contribution in [0.5, 0.6) is 5.75 Å². The molecule has 3 atom stereocenters. The van der Waals surface area contributed by atoms with Crippen LogP contribution in [0.2, 0.25) is 0 Å². The van der Waals surface area contributed by atoms with Crippen LogP contribution in [0.15, 0.2) is 53.4 Å². The zero-order chi connectivity index (χ0) is 18.3. The highest BCUT2D eigenvalue weighted by molar-refractivity contribution is 7.89. The van der Waals surface area contributed by atoms with Gasteiger partial charge in [0.1, 0.15) is 11.9 Å². The van der Waals surface area contributed by atoms with Crippen molar-refractivity contribution < 1.29 is 23.1 Å². The molecule has 2 aromatic rings. The monoisotopic (exact) mass is 373 g/mol. The summed E-state index contributed by atoms with van der Waals surface area (Å²) in [6.45, 7) is 0. The smallest absolute Gasteiger partial charge is 0.307 e. The summed E-state index contributed by atoms with van der Waals surface area (Å²) >= 11 is 0. The van der Waals surface area contributed by atoms with Crippen molar-refractivity contribution in [3.05, 3.63) is 59.7 Å². The number of ether oxygens (including phenoxy) is 1. The highest BCUT2D eigenvalue weighted by Crippen LogP contribution is 2.48. The number of carbonyl (C=O) groups is 1. The molecule has 1 saturated carbocycles. The van der Waals surface area contributed by atoms with Gasteiger partial charge in [-0.15, -0.1) is 0 Å². The van der Waals surface area contributed by atoms with E-state index in [0.29, 0.717) is 17.7 Å². The molecule has 1 fully saturated rings. The van der Waals surface area contributed by atoms with E-state index in [2.05, 4.69) is 4.72 Å². The van der Waals surface area contributed by atoms with E-state index >= 15 is 0 Å². The van der Waals surface area contributed by atoms with Gasteiger partial charge in [0.25, 0.3) is 0 Å². The summed E-state index contributed by atoms with van der Waals surface area (Å²) in [7, 11) is -3.61. The van der Waals surface area contributed by atoms with E-state index in [9.17, 15) is 13.2 Å². The summed E-state index contributed by atoms with van der Waals surface area (Å²) in [5.74, 6) is -0.411. The van der Waals surface area contributed by atoms with Gasteiger partial charge in [0.05, 0.1) is 11.3 Å². The van der Waals surface area contributed by atoms with Gasteiger partial charge in [-0.3, -0.25) is 4.79 Å². The van der Waals surface area contributed by atoms with E-state index in [1.165, 1.54) is 0 Å². The highest BCUT2D eigenvalue weighted by Gasteiger charge is 2.46. The molecular formula is C19H19NO5S. The van der Waals surface area contributed by atoms with Crippen molar-refractivity contribution in [3.8, 4) is 5.75 Å². The van der Waals surface area contributed by atoms with Crippen molar-refractivity contribution in [2.24, 2.45) is 0 Å². The van der Waals surface area contributed by atoms with Crippen LogP contribution in [0.4, 0.5) is 0 Å². The number of nitrogens with one attached hydrogen (secondary N) is 1. The molecule has 0 amide bonds. The van der Waals surface area contributed by atoms with Gasteiger partial charge in [-0.1, -0.05) is 36.4 Å². The fourth-order valence-electron chi connectivity index (χ4n) is 3.97. The summed E-state index contributed by atoms with van der Waals surface area (Å²) in [6, 6.07) is 13.5. The predicted octanol–water partition coefficient (Wildman–Crippen LogP) is 2.30. The van der Waals surface area contributed by atoms with Crippen LogP contribution in [-0.2, 0) is 21.2 Å². The Morgan fingerprint density at radius 1 is 1.12 bits per heavy atom. The average molecular weight is 373 g/mol. The molecule has 0 radical (unpaired) electrons.